The molecule has 1 aromatic carbocycles. The molecule has 3 heteroatoms. The number of benzene rings is 1. The number of nitroso groups, excluding NO2 is 1. The number of halogens is 1. The van der Waals surface area contributed by atoms with E-state index in [1.54, 1.807) is 12.1 Å². The van der Waals surface area contributed by atoms with Gasteiger partial charge in [-0.25, -0.2) is 4.39 Å². The van der Waals surface area contributed by atoms with Crippen LogP contribution in [0.25, 0.3) is 5.57 Å². The lowest BCUT2D eigenvalue weighted by Gasteiger charge is -2.10. The fraction of sp³-hybridized carbons (Fsp3) is 0.467. The molecule has 0 heterocycles. The van der Waals surface area contributed by atoms with Crippen molar-refractivity contribution in [3.05, 3.63) is 46.1 Å². The van der Waals surface area contributed by atoms with Crippen molar-refractivity contribution in [1.82, 2.24) is 0 Å². The summed E-state index contributed by atoms with van der Waals surface area (Å²) in [5, 5.41) is 3.22. The molecule has 0 bridgehead atoms. The zero-order valence-electron chi connectivity index (χ0n) is 10.7. The van der Waals surface area contributed by atoms with Crippen molar-refractivity contribution in [2.45, 2.75) is 45.1 Å². The van der Waals surface area contributed by atoms with E-state index < -0.39 is 0 Å². The zero-order chi connectivity index (χ0) is 13.0. The quantitative estimate of drug-likeness (QED) is 0.693. The van der Waals surface area contributed by atoms with Gasteiger partial charge in [0.1, 0.15) is 11.9 Å². The first kappa shape index (κ1) is 12.9. The number of hydrogen-bond acceptors (Lipinski definition) is 2. The highest BCUT2D eigenvalue weighted by atomic mass is 19.1. The van der Waals surface area contributed by atoms with E-state index in [4.69, 9.17) is 0 Å². The molecule has 1 unspecified atom stereocenters. The van der Waals surface area contributed by atoms with Gasteiger partial charge in [0.15, 0.2) is 0 Å². The van der Waals surface area contributed by atoms with E-state index in [1.165, 1.54) is 17.7 Å². The lowest BCUT2D eigenvalue weighted by molar-refractivity contribution is 0.627. The van der Waals surface area contributed by atoms with Crippen molar-refractivity contribution in [3.8, 4) is 0 Å². The van der Waals surface area contributed by atoms with E-state index in [0.717, 1.165) is 43.2 Å². The SMILES string of the molecule is CCCCC1=C(c2ccc(F)cc2)C(N=O)CC1. The maximum absolute atomic E-state index is 13.0. The molecule has 0 saturated heterocycles. The van der Waals surface area contributed by atoms with Crippen molar-refractivity contribution in [1.29, 1.82) is 0 Å². The topological polar surface area (TPSA) is 29.4 Å². The molecule has 96 valence electrons. The minimum Gasteiger partial charge on any atom is -0.207 e. The molecule has 1 aromatic rings. The lowest BCUT2D eigenvalue weighted by atomic mass is 9.97. The Balaban J connectivity index is 2.33. The molecule has 0 aromatic heterocycles. The highest BCUT2D eigenvalue weighted by Gasteiger charge is 2.26. The highest BCUT2D eigenvalue weighted by molar-refractivity contribution is 5.74. The molecule has 1 aliphatic carbocycles. The predicted octanol–water partition coefficient (Wildman–Crippen LogP) is 4.70. The summed E-state index contributed by atoms with van der Waals surface area (Å²) in [6.07, 6.45) is 5.04. The van der Waals surface area contributed by atoms with Gasteiger partial charge in [-0.1, -0.05) is 36.2 Å². The van der Waals surface area contributed by atoms with E-state index >= 15 is 0 Å². The summed E-state index contributed by atoms with van der Waals surface area (Å²) in [6.45, 7) is 2.16. The fourth-order valence-corrected chi connectivity index (χ4v) is 2.61. The Kier molecular flexibility index (Phi) is 4.24. The monoisotopic (exact) mass is 247 g/mol. The summed E-state index contributed by atoms with van der Waals surface area (Å²) < 4.78 is 13.0. The molecule has 18 heavy (non-hydrogen) atoms. The molecule has 0 fully saturated rings. The Hall–Kier alpha value is -1.51. The third kappa shape index (κ3) is 2.66. The average molecular weight is 247 g/mol. The summed E-state index contributed by atoms with van der Waals surface area (Å²) in [6, 6.07) is 6.14. The first-order chi connectivity index (χ1) is 8.76. The zero-order valence-corrected chi connectivity index (χ0v) is 10.7. The molecule has 0 amide bonds. The van der Waals surface area contributed by atoms with Gasteiger partial charge in [-0.05, 0) is 49.0 Å². The van der Waals surface area contributed by atoms with Crippen molar-refractivity contribution < 1.29 is 4.39 Å². The summed E-state index contributed by atoms with van der Waals surface area (Å²) in [5.74, 6) is -0.247. The van der Waals surface area contributed by atoms with Crippen LogP contribution in [0, 0.1) is 10.7 Å². The van der Waals surface area contributed by atoms with Gasteiger partial charge in [0.2, 0.25) is 0 Å². The van der Waals surface area contributed by atoms with Crippen LogP contribution >= 0.6 is 0 Å². The van der Waals surface area contributed by atoms with E-state index in [9.17, 15) is 9.30 Å². The van der Waals surface area contributed by atoms with Crippen LogP contribution in [0.4, 0.5) is 4.39 Å². The van der Waals surface area contributed by atoms with E-state index in [-0.39, 0.29) is 11.9 Å². The summed E-state index contributed by atoms with van der Waals surface area (Å²) in [4.78, 5) is 10.9. The third-order valence-corrected chi connectivity index (χ3v) is 3.55. The largest absolute Gasteiger partial charge is 0.207 e. The van der Waals surface area contributed by atoms with Gasteiger partial charge in [0, 0.05) is 0 Å². The number of rotatable bonds is 5. The molecule has 1 aliphatic rings. The molecule has 2 rings (SSSR count). The Morgan fingerprint density at radius 3 is 2.67 bits per heavy atom. The molecular formula is C15H18FNO. The molecule has 1 atom stereocenters. The van der Waals surface area contributed by atoms with Gasteiger partial charge in [-0.15, -0.1) is 0 Å². The van der Waals surface area contributed by atoms with Crippen molar-refractivity contribution in [2.75, 3.05) is 0 Å². The fourth-order valence-electron chi connectivity index (χ4n) is 2.61. The van der Waals surface area contributed by atoms with Crippen LogP contribution in [-0.2, 0) is 0 Å². The van der Waals surface area contributed by atoms with Crippen LogP contribution in [-0.4, -0.2) is 6.04 Å². The number of unbranched alkanes of at least 4 members (excludes halogenated alkanes) is 1. The Morgan fingerprint density at radius 2 is 2.06 bits per heavy atom. The highest BCUT2D eigenvalue weighted by Crippen LogP contribution is 2.38. The first-order valence-corrected chi connectivity index (χ1v) is 6.56. The number of nitrogens with zero attached hydrogens (tertiary/aromatic N) is 1. The Bertz CT molecular complexity index is 450. The molecule has 0 saturated carbocycles. The molecular weight excluding hydrogens is 229 g/mol. The van der Waals surface area contributed by atoms with Crippen LogP contribution in [0.15, 0.2) is 35.0 Å². The maximum atomic E-state index is 13.0. The smallest absolute Gasteiger partial charge is 0.123 e. The molecule has 0 aliphatic heterocycles. The van der Waals surface area contributed by atoms with Gasteiger partial charge >= 0.3 is 0 Å². The maximum Gasteiger partial charge on any atom is 0.123 e. The Labute approximate surface area is 107 Å². The predicted molar refractivity (Wildman–Crippen MR) is 71.7 cm³/mol. The van der Waals surface area contributed by atoms with Crippen molar-refractivity contribution in [3.63, 3.8) is 0 Å². The first-order valence-electron chi connectivity index (χ1n) is 6.56. The minimum absolute atomic E-state index is 0.247. The lowest BCUT2D eigenvalue weighted by Crippen LogP contribution is -2.01. The average Bonchev–Trinajstić information content (AvgIpc) is 2.80. The molecule has 0 spiro atoms. The third-order valence-electron chi connectivity index (χ3n) is 3.55. The van der Waals surface area contributed by atoms with E-state index in [2.05, 4.69) is 12.1 Å². The number of allylic oxidation sites excluding steroid dienone is 1. The van der Waals surface area contributed by atoms with Gasteiger partial charge in [0.05, 0.1) is 0 Å². The van der Waals surface area contributed by atoms with Gasteiger partial charge in [-0.3, -0.25) is 0 Å². The van der Waals surface area contributed by atoms with Crippen LogP contribution in [0.5, 0.6) is 0 Å². The Morgan fingerprint density at radius 1 is 1.33 bits per heavy atom. The summed E-state index contributed by atoms with van der Waals surface area (Å²) >= 11 is 0. The van der Waals surface area contributed by atoms with E-state index in [0.29, 0.717) is 0 Å². The van der Waals surface area contributed by atoms with Crippen LogP contribution in [0.2, 0.25) is 0 Å². The second-order valence-corrected chi connectivity index (χ2v) is 4.79. The van der Waals surface area contributed by atoms with Crippen molar-refractivity contribution in [2.24, 2.45) is 5.18 Å². The molecule has 0 N–H and O–H groups in total. The van der Waals surface area contributed by atoms with Crippen molar-refractivity contribution >= 4 is 5.57 Å². The summed E-state index contributed by atoms with van der Waals surface area (Å²) in [5.41, 5.74) is 3.32. The normalized spacial score (nSPS) is 19.3. The molecule has 0 radical (unpaired) electrons. The van der Waals surface area contributed by atoms with Crippen LogP contribution < -0.4 is 0 Å². The second-order valence-electron chi connectivity index (χ2n) is 4.79. The molecule has 2 nitrogen and oxygen atoms in total. The summed E-state index contributed by atoms with van der Waals surface area (Å²) in [7, 11) is 0. The second kappa shape index (κ2) is 5.89. The van der Waals surface area contributed by atoms with Gasteiger partial charge in [-0.2, -0.15) is 4.91 Å². The minimum atomic E-state index is -0.248. The number of hydrogen-bond donors (Lipinski definition) is 0. The van der Waals surface area contributed by atoms with Gasteiger partial charge < -0.3 is 0 Å². The van der Waals surface area contributed by atoms with Crippen LogP contribution in [0.3, 0.4) is 0 Å². The standard InChI is InChI=1S/C15H18FNO/c1-2-3-4-11-7-10-14(17-18)15(11)12-5-8-13(16)9-6-12/h5-6,8-9,14H,2-4,7,10H2,1H3. The van der Waals surface area contributed by atoms with Gasteiger partial charge in [0.25, 0.3) is 0 Å². The van der Waals surface area contributed by atoms with Crippen LogP contribution in [0.1, 0.15) is 44.6 Å². The van der Waals surface area contributed by atoms with E-state index in [1.807, 2.05) is 0 Å².